The van der Waals surface area contributed by atoms with E-state index in [0.29, 0.717) is 17.4 Å². The highest BCUT2D eigenvalue weighted by Gasteiger charge is 2.34. The lowest BCUT2D eigenvalue weighted by molar-refractivity contribution is -0.185. The van der Waals surface area contributed by atoms with E-state index in [-0.39, 0.29) is 17.1 Å². The Morgan fingerprint density at radius 2 is 1.68 bits per heavy atom. The monoisotopic (exact) mass is 426 g/mol. The highest BCUT2D eigenvalue weighted by Crippen LogP contribution is 2.33. The number of rotatable bonds is 10. The maximum Gasteiger partial charge on any atom is 0.426 e. The van der Waals surface area contributed by atoms with Crippen LogP contribution in [0.4, 0.5) is 13.2 Å². The number of fused-ring (bicyclic) bond motifs is 1. The summed E-state index contributed by atoms with van der Waals surface area (Å²) in [5, 5.41) is 1.36. The molecule has 0 fully saturated rings. The Morgan fingerprint density at radius 1 is 0.903 bits per heavy atom. The van der Waals surface area contributed by atoms with Gasteiger partial charge in [-0.3, -0.25) is 0 Å². The number of aryl methyl sites for hydroxylation is 2. The fourth-order valence-corrected chi connectivity index (χ4v) is 3.60. The first-order valence-corrected chi connectivity index (χ1v) is 10.9. The van der Waals surface area contributed by atoms with Crippen LogP contribution in [0.15, 0.2) is 66.7 Å². The number of allylic oxidation sites excluding steroid dienone is 2. The summed E-state index contributed by atoms with van der Waals surface area (Å²) in [5.41, 5.74) is 1.45. The minimum atomic E-state index is -3.48. The third-order valence-corrected chi connectivity index (χ3v) is 5.40. The van der Waals surface area contributed by atoms with E-state index in [0.717, 1.165) is 43.1 Å². The molecule has 0 unspecified atom stereocenters. The van der Waals surface area contributed by atoms with Gasteiger partial charge in [0.25, 0.3) is 0 Å². The number of hydrogen-bond donors (Lipinski definition) is 0. The third kappa shape index (κ3) is 6.13. The molecular formula is C27H29F3O. The molecule has 0 N–H and O–H groups in total. The first-order chi connectivity index (χ1) is 14.9. The van der Waals surface area contributed by atoms with Crippen LogP contribution in [-0.4, -0.2) is 0 Å². The smallest absolute Gasteiger partial charge is 0.426 e. The second kappa shape index (κ2) is 10.5. The van der Waals surface area contributed by atoms with Crippen LogP contribution in [0.1, 0.15) is 56.2 Å². The molecule has 1 nitrogen and oxygen atoms in total. The number of benzene rings is 3. The van der Waals surface area contributed by atoms with Gasteiger partial charge in [0.1, 0.15) is 11.6 Å². The third-order valence-electron chi connectivity index (χ3n) is 5.40. The van der Waals surface area contributed by atoms with Gasteiger partial charge < -0.3 is 4.74 Å². The highest BCUT2D eigenvalue weighted by atomic mass is 19.3. The standard InChI is InChI=1S/C27H29F3O/c1-3-5-7-9-20-11-14-24(15-12-20)27(29,30)31-25-16-13-21-17-22(10-8-6-4-2)26(28)19-23(21)18-25/h3,5,11-19H,4,6-10H2,1-2H3/b5-3+. The van der Waals surface area contributed by atoms with Crippen LogP contribution in [0.2, 0.25) is 0 Å². The number of halogens is 3. The Kier molecular flexibility index (Phi) is 7.78. The first kappa shape index (κ1) is 22.9. The zero-order chi connectivity index (χ0) is 22.3. The van der Waals surface area contributed by atoms with Gasteiger partial charge in [0.15, 0.2) is 0 Å². The van der Waals surface area contributed by atoms with Crippen LogP contribution in [0.3, 0.4) is 0 Å². The van der Waals surface area contributed by atoms with Crippen molar-refractivity contribution < 1.29 is 17.9 Å². The van der Waals surface area contributed by atoms with Crippen LogP contribution in [0.5, 0.6) is 5.75 Å². The van der Waals surface area contributed by atoms with Crippen molar-refractivity contribution in [2.75, 3.05) is 0 Å². The molecule has 31 heavy (non-hydrogen) atoms. The molecule has 0 aliphatic carbocycles. The van der Waals surface area contributed by atoms with E-state index in [1.165, 1.54) is 30.3 Å². The highest BCUT2D eigenvalue weighted by molar-refractivity contribution is 5.84. The normalized spacial score (nSPS) is 12.0. The second-order valence-electron chi connectivity index (χ2n) is 7.83. The Balaban J connectivity index is 1.74. The molecule has 4 heteroatoms. The summed E-state index contributed by atoms with van der Waals surface area (Å²) in [7, 11) is 0. The van der Waals surface area contributed by atoms with Crippen molar-refractivity contribution in [3.8, 4) is 5.75 Å². The van der Waals surface area contributed by atoms with Crippen molar-refractivity contribution in [3.63, 3.8) is 0 Å². The van der Waals surface area contributed by atoms with E-state index in [9.17, 15) is 13.2 Å². The summed E-state index contributed by atoms with van der Waals surface area (Å²) in [6.45, 7) is 4.06. The number of ether oxygens (including phenoxy) is 1. The largest absolute Gasteiger partial charge is 0.429 e. The fraction of sp³-hybridized carbons (Fsp3) is 0.333. The van der Waals surface area contributed by atoms with Crippen molar-refractivity contribution in [1.82, 2.24) is 0 Å². The molecule has 0 spiro atoms. The second-order valence-corrected chi connectivity index (χ2v) is 7.83. The van der Waals surface area contributed by atoms with Gasteiger partial charge in [0.05, 0.1) is 5.56 Å². The molecule has 3 rings (SSSR count). The maximum absolute atomic E-state index is 14.7. The molecule has 0 amide bonds. The molecule has 0 atom stereocenters. The predicted molar refractivity (Wildman–Crippen MR) is 121 cm³/mol. The molecule has 3 aromatic carbocycles. The van der Waals surface area contributed by atoms with Crippen molar-refractivity contribution in [2.24, 2.45) is 0 Å². The molecule has 0 saturated carbocycles. The van der Waals surface area contributed by atoms with Crippen molar-refractivity contribution in [2.45, 2.75) is 58.5 Å². The summed E-state index contributed by atoms with van der Waals surface area (Å²) >= 11 is 0. The number of hydrogen-bond acceptors (Lipinski definition) is 1. The van der Waals surface area contributed by atoms with Gasteiger partial charge in [0, 0.05) is 0 Å². The van der Waals surface area contributed by atoms with E-state index in [2.05, 4.69) is 6.92 Å². The first-order valence-electron chi connectivity index (χ1n) is 10.9. The minimum absolute atomic E-state index is 0.00722. The molecule has 0 aliphatic heterocycles. The summed E-state index contributed by atoms with van der Waals surface area (Å²) in [6, 6.07) is 14.1. The van der Waals surface area contributed by atoms with Crippen LogP contribution in [0, 0.1) is 5.82 Å². The molecule has 0 aliphatic rings. The van der Waals surface area contributed by atoms with Gasteiger partial charge in [-0.15, -0.1) is 0 Å². The molecule has 0 saturated heterocycles. The van der Waals surface area contributed by atoms with Gasteiger partial charge in [-0.1, -0.05) is 50.1 Å². The Labute approximate surface area is 182 Å². The van der Waals surface area contributed by atoms with E-state index >= 15 is 0 Å². The molecule has 0 aromatic heterocycles. The average molecular weight is 427 g/mol. The lowest BCUT2D eigenvalue weighted by atomic mass is 10.0. The molecular weight excluding hydrogens is 397 g/mol. The van der Waals surface area contributed by atoms with E-state index in [1.54, 1.807) is 24.3 Å². The van der Waals surface area contributed by atoms with Gasteiger partial charge in [0.2, 0.25) is 0 Å². The number of unbranched alkanes of at least 4 members (excludes halogenated alkanes) is 2. The number of alkyl halides is 2. The molecule has 0 radical (unpaired) electrons. The quantitative estimate of drug-likeness (QED) is 0.234. The van der Waals surface area contributed by atoms with Gasteiger partial charge in [-0.25, -0.2) is 4.39 Å². The average Bonchev–Trinajstić information content (AvgIpc) is 2.75. The molecule has 0 bridgehead atoms. The van der Waals surface area contributed by atoms with Crippen LogP contribution >= 0.6 is 0 Å². The Bertz CT molecular complexity index is 1020. The van der Waals surface area contributed by atoms with Crippen molar-refractivity contribution in [3.05, 3.63) is 89.3 Å². The SMILES string of the molecule is C/C=C/CCc1ccc(C(F)(F)Oc2ccc3cc(CCCCC)c(F)cc3c2)cc1. The van der Waals surface area contributed by atoms with Gasteiger partial charge in [-0.2, -0.15) is 8.78 Å². The van der Waals surface area contributed by atoms with Crippen LogP contribution < -0.4 is 4.74 Å². The summed E-state index contributed by atoms with van der Waals surface area (Å²) in [6.07, 6.45) is 5.94. The predicted octanol–water partition coefficient (Wildman–Crippen LogP) is 8.35. The fourth-order valence-electron chi connectivity index (χ4n) is 3.60. The van der Waals surface area contributed by atoms with Crippen molar-refractivity contribution >= 4 is 10.8 Å². The summed E-state index contributed by atoms with van der Waals surface area (Å²) in [5.74, 6) is -0.297. The van der Waals surface area contributed by atoms with Crippen LogP contribution in [0.25, 0.3) is 10.8 Å². The lowest BCUT2D eigenvalue weighted by Gasteiger charge is -2.19. The lowest BCUT2D eigenvalue weighted by Crippen LogP contribution is -2.21. The molecule has 164 valence electrons. The molecule has 0 heterocycles. The summed E-state index contributed by atoms with van der Waals surface area (Å²) in [4.78, 5) is 0. The zero-order valence-corrected chi connectivity index (χ0v) is 18.1. The van der Waals surface area contributed by atoms with E-state index < -0.39 is 6.11 Å². The van der Waals surface area contributed by atoms with Crippen molar-refractivity contribution in [1.29, 1.82) is 0 Å². The topological polar surface area (TPSA) is 9.23 Å². The Morgan fingerprint density at radius 3 is 2.39 bits per heavy atom. The van der Waals surface area contributed by atoms with Gasteiger partial charge >= 0.3 is 6.11 Å². The zero-order valence-electron chi connectivity index (χ0n) is 18.1. The van der Waals surface area contributed by atoms with E-state index in [4.69, 9.17) is 4.74 Å². The Hall–Kier alpha value is -2.75. The maximum atomic E-state index is 14.7. The van der Waals surface area contributed by atoms with Crippen LogP contribution in [-0.2, 0) is 19.0 Å². The van der Waals surface area contributed by atoms with E-state index in [1.807, 2.05) is 19.1 Å². The van der Waals surface area contributed by atoms with Gasteiger partial charge in [-0.05, 0) is 90.9 Å². The summed E-state index contributed by atoms with van der Waals surface area (Å²) < 4.78 is 48.8. The minimum Gasteiger partial charge on any atom is -0.429 e. The molecule has 3 aromatic rings.